The van der Waals surface area contributed by atoms with Crippen molar-refractivity contribution >= 4 is 39.9 Å². The summed E-state index contributed by atoms with van der Waals surface area (Å²) in [6.45, 7) is 4.83. The first kappa shape index (κ1) is 18.7. The molecule has 5 nitrogen and oxygen atoms in total. The fourth-order valence-electron chi connectivity index (χ4n) is 3.70. The molecule has 1 aliphatic heterocycles. The highest BCUT2D eigenvalue weighted by atomic mass is 35.5. The molecule has 0 saturated carbocycles. The number of nitrogens with zero attached hydrogens (tertiary/aromatic N) is 3. The molecule has 28 heavy (non-hydrogen) atoms. The molecule has 0 spiro atoms. The third kappa shape index (κ3) is 3.67. The van der Waals surface area contributed by atoms with E-state index in [0.717, 1.165) is 41.8 Å². The first-order chi connectivity index (χ1) is 13.5. The number of amides is 1. The van der Waals surface area contributed by atoms with Gasteiger partial charge in [0.1, 0.15) is 0 Å². The molecule has 1 fully saturated rings. The monoisotopic (exact) mass is 394 g/mol. The third-order valence-electron chi connectivity index (χ3n) is 5.28. The number of carbonyl (C=O) groups is 1. The minimum absolute atomic E-state index is 0.0126. The highest BCUT2D eigenvalue weighted by Crippen LogP contribution is 2.31. The summed E-state index contributed by atoms with van der Waals surface area (Å²) >= 11 is 6.02. The first-order valence-corrected chi connectivity index (χ1v) is 10.0. The number of likely N-dealkylation sites (tertiary alicyclic amines) is 1. The maximum Gasteiger partial charge on any atom is 0.257 e. The molecule has 1 saturated heterocycles. The van der Waals surface area contributed by atoms with Crippen molar-refractivity contribution in [2.45, 2.75) is 39.2 Å². The summed E-state index contributed by atoms with van der Waals surface area (Å²) in [5.41, 5.74) is 3.68. The second-order valence-electron chi connectivity index (χ2n) is 7.35. The van der Waals surface area contributed by atoms with Gasteiger partial charge in [0, 0.05) is 40.6 Å². The number of rotatable bonds is 3. The Morgan fingerprint density at radius 1 is 1.18 bits per heavy atom. The van der Waals surface area contributed by atoms with Crippen molar-refractivity contribution in [3.05, 3.63) is 58.9 Å². The van der Waals surface area contributed by atoms with E-state index in [1.54, 1.807) is 6.20 Å². The van der Waals surface area contributed by atoms with Crippen LogP contribution in [0.5, 0.6) is 0 Å². The Balaban J connectivity index is 1.81. The van der Waals surface area contributed by atoms with E-state index < -0.39 is 0 Å². The zero-order valence-corrected chi connectivity index (χ0v) is 16.8. The molecule has 3 heterocycles. The van der Waals surface area contributed by atoms with Crippen molar-refractivity contribution in [1.29, 1.82) is 0 Å². The number of piperidine rings is 1. The van der Waals surface area contributed by atoms with Gasteiger partial charge in [-0.25, -0.2) is 9.97 Å². The molecule has 144 valence electrons. The van der Waals surface area contributed by atoms with Gasteiger partial charge in [0.2, 0.25) is 0 Å². The smallest absolute Gasteiger partial charge is 0.257 e. The number of benzene rings is 1. The van der Waals surface area contributed by atoms with Crippen molar-refractivity contribution in [3.63, 3.8) is 0 Å². The molecular formula is C22H23ClN4O. The van der Waals surface area contributed by atoms with Gasteiger partial charge in [-0.2, -0.15) is 0 Å². The summed E-state index contributed by atoms with van der Waals surface area (Å²) in [6.07, 6.45) is 4.89. The van der Waals surface area contributed by atoms with Crippen LogP contribution in [0.1, 0.15) is 42.2 Å². The molecule has 1 unspecified atom stereocenters. The molecular weight excluding hydrogens is 372 g/mol. The van der Waals surface area contributed by atoms with Gasteiger partial charge in [0.15, 0.2) is 5.65 Å². The van der Waals surface area contributed by atoms with Crippen LogP contribution in [0.2, 0.25) is 5.02 Å². The van der Waals surface area contributed by atoms with Crippen molar-refractivity contribution in [3.8, 4) is 0 Å². The molecule has 2 aromatic heterocycles. The van der Waals surface area contributed by atoms with E-state index in [1.807, 2.05) is 48.2 Å². The van der Waals surface area contributed by atoms with Crippen molar-refractivity contribution in [2.24, 2.45) is 0 Å². The third-order valence-corrected chi connectivity index (χ3v) is 5.53. The molecule has 1 N–H and O–H groups in total. The number of anilines is 2. The molecule has 3 aromatic rings. The summed E-state index contributed by atoms with van der Waals surface area (Å²) in [5.74, 6) is 0.0126. The number of aromatic nitrogens is 2. The van der Waals surface area contributed by atoms with Gasteiger partial charge in [-0.3, -0.25) is 4.79 Å². The minimum Gasteiger partial charge on any atom is -0.354 e. The van der Waals surface area contributed by atoms with Gasteiger partial charge in [0.25, 0.3) is 5.91 Å². The van der Waals surface area contributed by atoms with Crippen LogP contribution in [-0.2, 0) is 0 Å². The summed E-state index contributed by atoms with van der Waals surface area (Å²) < 4.78 is 0. The van der Waals surface area contributed by atoms with Gasteiger partial charge in [-0.05, 0) is 69.5 Å². The average molecular weight is 395 g/mol. The number of aryl methyl sites for hydroxylation is 1. The van der Waals surface area contributed by atoms with Crippen LogP contribution < -0.4 is 5.32 Å². The predicted octanol–water partition coefficient (Wildman–Crippen LogP) is 5.35. The quantitative estimate of drug-likeness (QED) is 0.650. The number of fused-ring (bicyclic) bond motifs is 1. The van der Waals surface area contributed by atoms with Crippen LogP contribution in [0.15, 0.2) is 42.6 Å². The number of halogens is 1. The van der Waals surface area contributed by atoms with E-state index in [9.17, 15) is 4.79 Å². The Hall–Kier alpha value is -2.66. The molecule has 0 bridgehead atoms. The summed E-state index contributed by atoms with van der Waals surface area (Å²) in [5, 5.41) is 4.91. The zero-order valence-electron chi connectivity index (χ0n) is 16.1. The number of hydrogen-bond donors (Lipinski definition) is 1. The van der Waals surface area contributed by atoms with Gasteiger partial charge in [0.05, 0.1) is 11.3 Å². The molecule has 4 rings (SSSR count). The molecule has 0 radical (unpaired) electrons. The number of nitrogens with one attached hydrogen (secondary N) is 1. The normalized spacial score (nSPS) is 17.0. The van der Waals surface area contributed by atoms with Crippen molar-refractivity contribution in [1.82, 2.24) is 14.9 Å². The maximum absolute atomic E-state index is 13.4. The lowest BCUT2D eigenvalue weighted by atomic mass is 10.0. The summed E-state index contributed by atoms with van der Waals surface area (Å²) in [4.78, 5) is 24.4. The summed E-state index contributed by atoms with van der Waals surface area (Å²) in [6, 6.07) is 11.6. The van der Waals surface area contributed by atoms with Gasteiger partial charge in [-0.15, -0.1) is 0 Å². The largest absolute Gasteiger partial charge is 0.354 e. The van der Waals surface area contributed by atoms with Gasteiger partial charge >= 0.3 is 0 Å². The average Bonchev–Trinajstić information content (AvgIpc) is 2.69. The lowest BCUT2D eigenvalue weighted by Gasteiger charge is -2.34. The second-order valence-corrected chi connectivity index (χ2v) is 7.78. The summed E-state index contributed by atoms with van der Waals surface area (Å²) in [7, 11) is 0. The lowest BCUT2D eigenvalue weighted by Crippen LogP contribution is -2.42. The van der Waals surface area contributed by atoms with Crippen molar-refractivity contribution < 1.29 is 4.79 Å². The maximum atomic E-state index is 13.4. The molecule has 1 aromatic carbocycles. The van der Waals surface area contributed by atoms with Crippen LogP contribution in [0.3, 0.4) is 0 Å². The van der Waals surface area contributed by atoms with E-state index in [2.05, 4.69) is 22.2 Å². The molecule has 1 amide bonds. The topological polar surface area (TPSA) is 58.1 Å². The SMILES string of the molecule is Cc1ccc2c(Nc3ccc(Cl)cc3)c(C(=O)N3CCCCC3C)cnc2n1. The van der Waals surface area contributed by atoms with E-state index in [0.29, 0.717) is 16.2 Å². The number of pyridine rings is 2. The van der Waals surface area contributed by atoms with Crippen molar-refractivity contribution in [2.75, 3.05) is 11.9 Å². The Morgan fingerprint density at radius 3 is 2.71 bits per heavy atom. The molecule has 0 aliphatic carbocycles. The lowest BCUT2D eigenvalue weighted by molar-refractivity contribution is 0.0636. The molecule has 6 heteroatoms. The Labute approximate surface area is 169 Å². The van der Waals surface area contributed by atoms with Gasteiger partial charge < -0.3 is 10.2 Å². The van der Waals surface area contributed by atoms with Crippen LogP contribution in [0.4, 0.5) is 11.4 Å². The van der Waals surface area contributed by atoms with Gasteiger partial charge in [-0.1, -0.05) is 11.6 Å². The van der Waals surface area contributed by atoms with Crippen LogP contribution in [0.25, 0.3) is 11.0 Å². The van der Waals surface area contributed by atoms with E-state index >= 15 is 0 Å². The van der Waals surface area contributed by atoms with E-state index in [-0.39, 0.29) is 11.9 Å². The minimum atomic E-state index is 0.0126. The Morgan fingerprint density at radius 2 is 1.96 bits per heavy atom. The highest BCUT2D eigenvalue weighted by molar-refractivity contribution is 6.30. The Bertz CT molecular complexity index is 1020. The molecule has 1 atom stereocenters. The van der Waals surface area contributed by atoms with E-state index in [4.69, 9.17) is 11.6 Å². The zero-order chi connectivity index (χ0) is 19.7. The highest BCUT2D eigenvalue weighted by Gasteiger charge is 2.27. The number of carbonyl (C=O) groups excluding carboxylic acids is 1. The van der Waals surface area contributed by atoms with Crippen LogP contribution in [0, 0.1) is 6.92 Å². The van der Waals surface area contributed by atoms with E-state index in [1.165, 1.54) is 6.42 Å². The second kappa shape index (κ2) is 7.76. The van der Waals surface area contributed by atoms with Crippen LogP contribution in [-0.4, -0.2) is 33.4 Å². The fraction of sp³-hybridized carbons (Fsp3) is 0.318. The predicted molar refractivity (Wildman–Crippen MR) is 113 cm³/mol. The standard InChI is InChI=1S/C22H23ClN4O/c1-14-6-11-18-20(26-17-9-7-16(23)8-10-17)19(13-24-21(18)25-14)22(28)27-12-4-3-5-15(27)2/h6-11,13,15H,3-5,12H2,1-2H3,(H,24,25,26). The van der Waals surface area contributed by atoms with Crippen LogP contribution >= 0.6 is 11.6 Å². The first-order valence-electron chi connectivity index (χ1n) is 9.63. The molecule has 1 aliphatic rings. The Kier molecular flexibility index (Phi) is 5.18. The fourth-order valence-corrected chi connectivity index (χ4v) is 3.83. The number of hydrogen-bond acceptors (Lipinski definition) is 4.